The van der Waals surface area contributed by atoms with Crippen LogP contribution in [0.3, 0.4) is 0 Å². The van der Waals surface area contributed by atoms with Crippen molar-refractivity contribution in [2.24, 2.45) is 7.05 Å². The Morgan fingerprint density at radius 3 is 2.59 bits per heavy atom. The Hall–Kier alpha value is -3.49. The number of carbonyl (C=O) groups is 1. The van der Waals surface area contributed by atoms with Crippen molar-refractivity contribution in [3.05, 3.63) is 41.7 Å². The fourth-order valence-electron chi connectivity index (χ4n) is 2.48. The monoisotopic (exact) mass is 373 g/mol. The van der Waals surface area contributed by atoms with Crippen LogP contribution in [0.1, 0.15) is 16.1 Å². The van der Waals surface area contributed by atoms with Crippen LogP contribution in [-0.4, -0.2) is 42.2 Å². The van der Waals surface area contributed by atoms with Crippen LogP contribution in [0.4, 0.5) is 0 Å². The standard InChI is InChI=1S/C18H19N3O6/c1-21-9-13(17(19-21)25-4)18(22)26-10-12-8-15(27-20-12)11-5-6-14(23-2)16(7-11)24-3/h5-9H,10H2,1-4H3. The molecular weight excluding hydrogens is 354 g/mol. The van der Waals surface area contributed by atoms with Crippen LogP contribution in [0, 0.1) is 0 Å². The molecule has 0 unspecified atom stereocenters. The van der Waals surface area contributed by atoms with Gasteiger partial charge in [0.05, 0.1) is 21.3 Å². The Kier molecular flexibility index (Phi) is 5.30. The lowest BCUT2D eigenvalue weighted by Crippen LogP contribution is -2.06. The van der Waals surface area contributed by atoms with Crippen LogP contribution in [0.15, 0.2) is 35.0 Å². The van der Waals surface area contributed by atoms with Crippen molar-refractivity contribution >= 4 is 5.97 Å². The third-order valence-electron chi connectivity index (χ3n) is 3.79. The highest BCUT2D eigenvalue weighted by atomic mass is 16.5. The molecule has 0 aliphatic carbocycles. The van der Waals surface area contributed by atoms with E-state index in [-0.39, 0.29) is 18.1 Å². The van der Waals surface area contributed by atoms with E-state index in [1.54, 1.807) is 39.5 Å². The van der Waals surface area contributed by atoms with Gasteiger partial charge in [0.1, 0.15) is 17.9 Å². The van der Waals surface area contributed by atoms with Crippen molar-refractivity contribution in [1.82, 2.24) is 14.9 Å². The second-order valence-electron chi connectivity index (χ2n) is 5.55. The number of aromatic nitrogens is 3. The zero-order valence-electron chi connectivity index (χ0n) is 15.4. The van der Waals surface area contributed by atoms with Gasteiger partial charge in [0.15, 0.2) is 17.3 Å². The van der Waals surface area contributed by atoms with Crippen LogP contribution >= 0.6 is 0 Å². The Bertz CT molecular complexity index is 946. The quantitative estimate of drug-likeness (QED) is 0.583. The smallest absolute Gasteiger partial charge is 0.345 e. The third-order valence-corrected chi connectivity index (χ3v) is 3.79. The maximum absolute atomic E-state index is 12.2. The van der Waals surface area contributed by atoms with Crippen molar-refractivity contribution in [3.8, 4) is 28.7 Å². The third kappa shape index (κ3) is 3.86. The lowest BCUT2D eigenvalue weighted by atomic mass is 10.1. The summed E-state index contributed by atoms with van der Waals surface area (Å²) in [6.45, 7) is -0.0479. The normalized spacial score (nSPS) is 10.5. The maximum atomic E-state index is 12.2. The number of methoxy groups -OCH3 is 3. The van der Waals surface area contributed by atoms with Crippen molar-refractivity contribution in [2.75, 3.05) is 21.3 Å². The van der Waals surface area contributed by atoms with Gasteiger partial charge < -0.3 is 23.5 Å². The lowest BCUT2D eigenvalue weighted by Gasteiger charge is -2.07. The van der Waals surface area contributed by atoms with Crippen LogP contribution in [0.25, 0.3) is 11.3 Å². The van der Waals surface area contributed by atoms with Gasteiger partial charge in [0.2, 0.25) is 5.88 Å². The summed E-state index contributed by atoms with van der Waals surface area (Å²) in [5.41, 5.74) is 1.46. The molecule has 0 radical (unpaired) electrons. The molecule has 0 saturated carbocycles. The van der Waals surface area contributed by atoms with Crippen molar-refractivity contribution in [1.29, 1.82) is 0 Å². The molecule has 0 aliphatic heterocycles. The van der Waals surface area contributed by atoms with Gasteiger partial charge in [0.25, 0.3) is 0 Å². The molecule has 0 bridgehead atoms. The van der Waals surface area contributed by atoms with Crippen molar-refractivity contribution < 1.29 is 28.3 Å². The van der Waals surface area contributed by atoms with Crippen LogP contribution in [0.5, 0.6) is 17.4 Å². The second-order valence-corrected chi connectivity index (χ2v) is 5.55. The summed E-state index contributed by atoms with van der Waals surface area (Å²) in [5.74, 6) is 1.34. The summed E-state index contributed by atoms with van der Waals surface area (Å²) < 4.78 is 27.6. The molecule has 0 amide bonds. The van der Waals surface area contributed by atoms with E-state index in [1.165, 1.54) is 18.0 Å². The first-order valence-corrected chi connectivity index (χ1v) is 7.98. The van der Waals surface area contributed by atoms with Crippen molar-refractivity contribution in [3.63, 3.8) is 0 Å². The number of carbonyl (C=O) groups excluding carboxylic acids is 1. The first-order chi connectivity index (χ1) is 13.0. The van der Waals surface area contributed by atoms with Gasteiger partial charge in [-0.2, -0.15) is 0 Å². The predicted octanol–water partition coefficient (Wildman–Crippen LogP) is 2.46. The van der Waals surface area contributed by atoms with Crippen LogP contribution < -0.4 is 14.2 Å². The van der Waals surface area contributed by atoms with Gasteiger partial charge in [-0.15, -0.1) is 5.10 Å². The molecule has 0 saturated heterocycles. The van der Waals surface area contributed by atoms with Gasteiger partial charge >= 0.3 is 5.97 Å². The van der Waals surface area contributed by atoms with E-state index < -0.39 is 5.97 Å². The van der Waals surface area contributed by atoms with Gasteiger partial charge in [0, 0.05) is 24.9 Å². The molecular formula is C18H19N3O6. The molecule has 1 aromatic carbocycles. The topological polar surface area (TPSA) is 97.8 Å². The molecule has 3 rings (SSSR count). The number of nitrogens with zero attached hydrogens (tertiary/aromatic N) is 3. The summed E-state index contributed by atoms with van der Waals surface area (Å²) in [5, 5.41) is 7.94. The molecule has 0 fully saturated rings. The number of benzene rings is 1. The summed E-state index contributed by atoms with van der Waals surface area (Å²) in [7, 11) is 6.24. The number of hydrogen-bond donors (Lipinski definition) is 0. The molecule has 0 spiro atoms. The molecule has 0 N–H and O–H groups in total. The molecule has 2 heterocycles. The number of ether oxygens (including phenoxy) is 4. The highest BCUT2D eigenvalue weighted by Crippen LogP contribution is 2.32. The van der Waals surface area contributed by atoms with E-state index in [2.05, 4.69) is 10.3 Å². The SMILES string of the molecule is COc1ccc(-c2cc(COC(=O)c3cn(C)nc3OC)no2)cc1OC. The van der Waals surface area contributed by atoms with Crippen LogP contribution in [0.2, 0.25) is 0 Å². The second kappa shape index (κ2) is 7.81. The van der Waals surface area contributed by atoms with E-state index in [9.17, 15) is 4.79 Å². The Morgan fingerprint density at radius 2 is 1.89 bits per heavy atom. The van der Waals surface area contributed by atoms with E-state index in [0.717, 1.165) is 5.56 Å². The van der Waals surface area contributed by atoms with E-state index >= 15 is 0 Å². The number of rotatable bonds is 7. The zero-order chi connectivity index (χ0) is 19.4. The Balaban J connectivity index is 1.70. The zero-order valence-corrected chi connectivity index (χ0v) is 15.4. The highest BCUT2D eigenvalue weighted by molar-refractivity contribution is 5.91. The summed E-state index contributed by atoms with van der Waals surface area (Å²) in [4.78, 5) is 12.2. The molecule has 2 aromatic heterocycles. The van der Waals surface area contributed by atoms with Gasteiger partial charge in [-0.1, -0.05) is 5.16 Å². The number of hydrogen-bond acceptors (Lipinski definition) is 8. The Morgan fingerprint density at radius 1 is 1.11 bits per heavy atom. The molecule has 0 atom stereocenters. The first kappa shape index (κ1) is 18.3. The molecule has 9 nitrogen and oxygen atoms in total. The average Bonchev–Trinajstić information content (AvgIpc) is 3.31. The minimum atomic E-state index is -0.560. The summed E-state index contributed by atoms with van der Waals surface area (Å²) in [6.07, 6.45) is 1.53. The number of esters is 1. The van der Waals surface area contributed by atoms with Gasteiger partial charge in [-0.25, -0.2) is 4.79 Å². The van der Waals surface area contributed by atoms with Crippen LogP contribution in [-0.2, 0) is 18.4 Å². The van der Waals surface area contributed by atoms with Gasteiger partial charge in [-0.3, -0.25) is 4.68 Å². The average molecular weight is 373 g/mol. The summed E-state index contributed by atoms with van der Waals surface area (Å²) in [6, 6.07) is 7.05. The Labute approximate surface area is 155 Å². The summed E-state index contributed by atoms with van der Waals surface area (Å²) >= 11 is 0. The highest BCUT2D eigenvalue weighted by Gasteiger charge is 2.19. The molecule has 0 aliphatic rings. The molecule has 9 heteroatoms. The fraction of sp³-hybridized carbons (Fsp3) is 0.278. The van der Waals surface area contributed by atoms with E-state index in [0.29, 0.717) is 23.0 Å². The molecule has 3 aromatic rings. The lowest BCUT2D eigenvalue weighted by molar-refractivity contribution is 0.0460. The number of aryl methyl sites for hydroxylation is 1. The molecule has 27 heavy (non-hydrogen) atoms. The van der Waals surface area contributed by atoms with E-state index in [4.69, 9.17) is 23.5 Å². The van der Waals surface area contributed by atoms with E-state index in [1.807, 2.05) is 6.07 Å². The minimum absolute atomic E-state index is 0.0479. The fourth-order valence-corrected chi connectivity index (χ4v) is 2.48. The minimum Gasteiger partial charge on any atom is -0.493 e. The molecule has 142 valence electrons. The van der Waals surface area contributed by atoms with Crippen molar-refractivity contribution in [2.45, 2.75) is 6.61 Å². The first-order valence-electron chi connectivity index (χ1n) is 7.98. The maximum Gasteiger partial charge on any atom is 0.345 e. The van der Waals surface area contributed by atoms with Gasteiger partial charge in [-0.05, 0) is 18.2 Å². The largest absolute Gasteiger partial charge is 0.493 e. The predicted molar refractivity (Wildman–Crippen MR) is 93.9 cm³/mol.